The first-order chi connectivity index (χ1) is 15.0. The van der Waals surface area contributed by atoms with Gasteiger partial charge in [0.05, 0.1) is 0 Å². The number of halogens is 1. The molecule has 2 aromatic carbocycles. The molecule has 158 valence electrons. The van der Waals surface area contributed by atoms with Gasteiger partial charge in [0.1, 0.15) is 0 Å². The van der Waals surface area contributed by atoms with Crippen LogP contribution in [0.3, 0.4) is 0 Å². The summed E-state index contributed by atoms with van der Waals surface area (Å²) in [5.41, 5.74) is 1.59. The van der Waals surface area contributed by atoms with Gasteiger partial charge in [0.25, 0.3) is 17.4 Å². The summed E-state index contributed by atoms with van der Waals surface area (Å²) in [4.78, 5) is 37.2. The van der Waals surface area contributed by atoms with Gasteiger partial charge >= 0.3 is 0 Å². The molecular weight excluding hydrogens is 414 g/mol. The minimum atomic E-state index is -0.204. The summed E-state index contributed by atoms with van der Waals surface area (Å²) < 4.78 is 1.51. The summed E-state index contributed by atoms with van der Waals surface area (Å²) in [6.07, 6.45) is 4.21. The van der Waals surface area contributed by atoms with Gasteiger partial charge in [-0.05, 0) is 73.9 Å². The van der Waals surface area contributed by atoms with Crippen molar-refractivity contribution in [1.29, 1.82) is 0 Å². The molecule has 1 fully saturated rings. The number of pyridine rings is 1. The largest absolute Gasteiger partial charge is 0.347 e. The Bertz CT molecular complexity index is 1140. The second-order valence-corrected chi connectivity index (χ2v) is 7.99. The molecule has 31 heavy (non-hydrogen) atoms. The molecule has 0 bridgehead atoms. The van der Waals surface area contributed by atoms with E-state index >= 15 is 0 Å². The first-order valence-electron chi connectivity index (χ1n) is 10.2. The van der Waals surface area contributed by atoms with Crippen molar-refractivity contribution in [2.45, 2.75) is 31.3 Å². The van der Waals surface area contributed by atoms with Crippen molar-refractivity contribution in [2.75, 3.05) is 0 Å². The number of carbonyl (C=O) groups excluding carboxylic acids is 2. The van der Waals surface area contributed by atoms with E-state index in [0.717, 1.165) is 19.3 Å². The van der Waals surface area contributed by atoms with Gasteiger partial charge in [-0.15, -0.1) is 0 Å². The van der Waals surface area contributed by atoms with Gasteiger partial charge in [0.15, 0.2) is 0 Å². The summed E-state index contributed by atoms with van der Waals surface area (Å²) in [5, 5.41) is 6.64. The topological polar surface area (TPSA) is 80.2 Å². The van der Waals surface area contributed by atoms with Crippen LogP contribution < -0.4 is 16.2 Å². The standard InChI is InChI=1S/C24H22ClN3O3/c25-18-11-7-16(8-12-18)23(30)26-20-4-3-5-21(20)27-24(31)17-9-13-19(14-10-17)28-15-2-1-6-22(28)29/h1-2,6-15,20-21H,3-5H2,(H,26,30)(H,27,31)/t20-,21+/m1/s1. The molecule has 0 aliphatic heterocycles. The number of rotatable bonds is 5. The third kappa shape index (κ3) is 4.86. The van der Waals surface area contributed by atoms with Crippen LogP contribution in [0.15, 0.2) is 77.7 Å². The molecule has 0 spiro atoms. The van der Waals surface area contributed by atoms with Crippen LogP contribution in [0.4, 0.5) is 0 Å². The third-order valence-corrected chi connectivity index (χ3v) is 5.74. The number of nitrogens with one attached hydrogen (secondary N) is 2. The molecule has 1 heterocycles. The minimum Gasteiger partial charge on any atom is -0.347 e. The van der Waals surface area contributed by atoms with Crippen molar-refractivity contribution in [3.63, 3.8) is 0 Å². The number of aromatic nitrogens is 1. The van der Waals surface area contributed by atoms with Gasteiger partial charge in [0, 0.05) is 46.2 Å². The molecule has 3 aromatic rings. The Hall–Kier alpha value is -3.38. The Morgan fingerprint density at radius 1 is 0.806 bits per heavy atom. The Morgan fingerprint density at radius 2 is 1.35 bits per heavy atom. The molecule has 1 aliphatic rings. The number of amides is 2. The lowest BCUT2D eigenvalue weighted by Gasteiger charge is -2.22. The van der Waals surface area contributed by atoms with Crippen molar-refractivity contribution >= 4 is 23.4 Å². The molecule has 2 amide bonds. The molecule has 2 atom stereocenters. The van der Waals surface area contributed by atoms with E-state index < -0.39 is 0 Å². The zero-order valence-electron chi connectivity index (χ0n) is 16.8. The quantitative estimate of drug-likeness (QED) is 0.643. The summed E-state index contributed by atoms with van der Waals surface area (Å²) in [6.45, 7) is 0. The Balaban J connectivity index is 1.40. The fraction of sp³-hybridized carbons (Fsp3) is 0.208. The first-order valence-corrected chi connectivity index (χ1v) is 10.5. The highest BCUT2D eigenvalue weighted by atomic mass is 35.5. The normalized spacial score (nSPS) is 17.8. The van der Waals surface area contributed by atoms with Crippen LogP contribution in [0, 0.1) is 0 Å². The summed E-state index contributed by atoms with van der Waals surface area (Å²) in [5.74, 6) is -0.384. The summed E-state index contributed by atoms with van der Waals surface area (Å²) in [6, 6.07) is 18.3. The van der Waals surface area contributed by atoms with Crippen LogP contribution >= 0.6 is 11.6 Å². The molecule has 0 unspecified atom stereocenters. The van der Waals surface area contributed by atoms with Crippen LogP contribution in [0.1, 0.15) is 40.0 Å². The Kier molecular flexibility index (Phi) is 6.18. The van der Waals surface area contributed by atoms with Gasteiger partial charge < -0.3 is 10.6 Å². The highest BCUT2D eigenvalue weighted by Gasteiger charge is 2.30. The number of carbonyl (C=O) groups is 2. The monoisotopic (exact) mass is 435 g/mol. The molecular formula is C24H22ClN3O3. The molecule has 0 saturated heterocycles. The van der Waals surface area contributed by atoms with Crippen molar-refractivity contribution in [2.24, 2.45) is 0 Å². The average molecular weight is 436 g/mol. The molecule has 7 heteroatoms. The van der Waals surface area contributed by atoms with E-state index in [4.69, 9.17) is 11.6 Å². The molecule has 0 radical (unpaired) electrons. The first kappa shape index (κ1) is 20.9. The molecule has 1 saturated carbocycles. The van der Waals surface area contributed by atoms with Gasteiger partial charge in [-0.2, -0.15) is 0 Å². The predicted molar refractivity (Wildman–Crippen MR) is 120 cm³/mol. The molecule has 2 N–H and O–H groups in total. The molecule has 4 rings (SSSR count). The molecule has 1 aromatic heterocycles. The lowest BCUT2D eigenvalue weighted by molar-refractivity contribution is 0.0892. The highest BCUT2D eigenvalue weighted by molar-refractivity contribution is 6.30. The van der Waals surface area contributed by atoms with E-state index in [1.165, 1.54) is 10.6 Å². The van der Waals surface area contributed by atoms with Crippen LogP contribution in [-0.4, -0.2) is 28.5 Å². The zero-order chi connectivity index (χ0) is 21.8. The van der Waals surface area contributed by atoms with E-state index in [2.05, 4.69) is 10.6 Å². The maximum Gasteiger partial charge on any atom is 0.255 e. The van der Waals surface area contributed by atoms with Gasteiger partial charge in [-0.25, -0.2) is 0 Å². The predicted octanol–water partition coefficient (Wildman–Crippen LogP) is 3.57. The van der Waals surface area contributed by atoms with Crippen molar-refractivity contribution < 1.29 is 9.59 Å². The third-order valence-electron chi connectivity index (χ3n) is 5.49. The number of hydrogen-bond acceptors (Lipinski definition) is 3. The lowest BCUT2D eigenvalue weighted by atomic mass is 10.1. The summed E-state index contributed by atoms with van der Waals surface area (Å²) in [7, 11) is 0. The maximum absolute atomic E-state index is 12.7. The van der Waals surface area contributed by atoms with Gasteiger partial charge in [-0.3, -0.25) is 19.0 Å². The van der Waals surface area contributed by atoms with Crippen LogP contribution in [0.2, 0.25) is 5.02 Å². The number of hydrogen-bond donors (Lipinski definition) is 2. The van der Waals surface area contributed by atoms with E-state index in [0.29, 0.717) is 21.8 Å². The van der Waals surface area contributed by atoms with E-state index in [1.54, 1.807) is 66.9 Å². The van der Waals surface area contributed by atoms with Crippen LogP contribution in [0.25, 0.3) is 5.69 Å². The van der Waals surface area contributed by atoms with Crippen molar-refractivity contribution in [1.82, 2.24) is 15.2 Å². The number of nitrogens with zero attached hydrogens (tertiary/aromatic N) is 1. The second kappa shape index (κ2) is 9.18. The SMILES string of the molecule is O=C(N[C@H]1CCC[C@H]1NC(=O)c1ccc(Cl)cc1)c1ccc(-n2ccccc2=O)cc1. The molecule has 6 nitrogen and oxygen atoms in total. The smallest absolute Gasteiger partial charge is 0.255 e. The fourth-order valence-corrected chi connectivity index (χ4v) is 3.95. The maximum atomic E-state index is 12.7. The summed E-state index contributed by atoms with van der Waals surface area (Å²) >= 11 is 5.88. The second-order valence-electron chi connectivity index (χ2n) is 7.55. The Labute approximate surface area is 184 Å². The average Bonchev–Trinajstić information content (AvgIpc) is 3.21. The lowest BCUT2D eigenvalue weighted by Crippen LogP contribution is -2.48. The van der Waals surface area contributed by atoms with E-state index in [9.17, 15) is 14.4 Å². The molecule has 1 aliphatic carbocycles. The minimum absolute atomic E-state index is 0.130. The van der Waals surface area contributed by atoms with Crippen molar-refractivity contribution in [3.05, 3.63) is 99.4 Å². The van der Waals surface area contributed by atoms with Crippen LogP contribution in [-0.2, 0) is 0 Å². The van der Waals surface area contributed by atoms with Crippen molar-refractivity contribution in [3.8, 4) is 5.69 Å². The Morgan fingerprint density at radius 3 is 1.90 bits per heavy atom. The fourth-order valence-electron chi connectivity index (χ4n) is 3.82. The van der Waals surface area contributed by atoms with E-state index in [-0.39, 0.29) is 29.5 Å². The number of benzene rings is 2. The van der Waals surface area contributed by atoms with Gasteiger partial charge in [-0.1, -0.05) is 17.7 Å². The van der Waals surface area contributed by atoms with E-state index in [1.807, 2.05) is 0 Å². The van der Waals surface area contributed by atoms with Gasteiger partial charge in [0.2, 0.25) is 0 Å². The van der Waals surface area contributed by atoms with Crippen LogP contribution in [0.5, 0.6) is 0 Å². The zero-order valence-corrected chi connectivity index (χ0v) is 17.5. The highest BCUT2D eigenvalue weighted by Crippen LogP contribution is 2.21.